The van der Waals surface area contributed by atoms with Crippen LogP contribution in [-0.4, -0.2) is 29.4 Å². The molecule has 0 atom stereocenters. The zero-order chi connectivity index (χ0) is 30.5. The molecule has 0 aliphatic carbocycles. The van der Waals surface area contributed by atoms with Crippen molar-refractivity contribution in [3.8, 4) is 5.75 Å². The summed E-state index contributed by atoms with van der Waals surface area (Å²) >= 11 is 5.14. The van der Waals surface area contributed by atoms with Crippen LogP contribution in [0.1, 0.15) is 96.4 Å². The highest BCUT2D eigenvalue weighted by Gasteiger charge is 2.15. The van der Waals surface area contributed by atoms with Crippen LogP contribution in [-0.2, 0) is 5.41 Å². The Balaban J connectivity index is 1.41. The van der Waals surface area contributed by atoms with Gasteiger partial charge in [-0.2, -0.15) is 0 Å². The van der Waals surface area contributed by atoms with Crippen molar-refractivity contribution in [3.63, 3.8) is 0 Å². The van der Waals surface area contributed by atoms with Crippen LogP contribution in [0.2, 0.25) is 0 Å². The molecule has 0 fully saturated rings. The number of hydrogen-bond donors (Lipinski definition) is 4. The summed E-state index contributed by atoms with van der Waals surface area (Å²) in [5.74, 6) is -0.412. The number of nitrogens with one attached hydrogen (secondary N) is 4. The molecular weight excluding hydrogens is 548 g/mol. The van der Waals surface area contributed by atoms with E-state index in [1.54, 1.807) is 60.7 Å². The quantitative estimate of drug-likeness (QED) is 0.115. The summed E-state index contributed by atoms with van der Waals surface area (Å²) in [6, 6.07) is 20.7. The number of amides is 3. The maximum absolute atomic E-state index is 12.6. The maximum Gasteiger partial charge on any atom is 0.269 e. The monoisotopic (exact) mass is 588 g/mol. The Bertz CT molecular complexity index is 1350. The Kier molecular flexibility index (Phi) is 12.0. The second-order valence-electron chi connectivity index (χ2n) is 11.0. The van der Waals surface area contributed by atoms with Crippen molar-refractivity contribution in [1.29, 1.82) is 0 Å². The van der Waals surface area contributed by atoms with E-state index in [4.69, 9.17) is 17.0 Å². The van der Waals surface area contributed by atoms with Gasteiger partial charge in [-0.1, -0.05) is 65.5 Å². The van der Waals surface area contributed by atoms with E-state index in [1.807, 2.05) is 12.1 Å². The van der Waals surface area contributed by atoms with E-state index in [9.17, 15) is 14.4 Å². The van der Waals surface area contributed by atoms with E-state index in [-0.39, 0.29) is 16.4 Å². The normalized spacial score (nSPS) is 10.9. The molecule has 0 saturated carbocycles. The van der Waals surface area contributed by atoms with Crippen LogP contribution < -0.4 is 26.2 Å². The van der Waals surface area contributed by atoms with E-state index in [2.05, 4.69) is 49.2 Å². The van der Waals surface area contributed by atoms with Gasteiger partial charge >= 0.3 is 0 Å². The molecule has 222 valence electrons. The SMILES string of the molecule is CCCCCCCOc1ccc(C(=O)NC(=S)NNC(=O)c2ccc(NC(=O)c3ccc(C(C)(C)C)cc3)cc2)cc1. The lowest BCUT2D eigenvalue weighted by Gasteiger charge is -2.19. The maximum atomic E-state index is 12.6. The summed E-state index contributed by atoms with van der Waals surface area (Å²) < 4.78 is 5.73. The lowest BCUT2D eigenvalue weighted by atomic mass is 9.87. The molecule has 0 spiro atoms. The van der Waals surface area contributed by atoms with Gasteiger partial charge in [0.1, 0.15) is 5.75 Å². The van der Waals surface area contributed by atoms with Crippen molar-refractivity contribution in [1.82, 2.24) is 16.2 Å². The van der Waals surface area contributed by atoms with Gasteiger partial charge in [-0.25, -0.2) is 0 Å². The van der Waals surface area contributed by atoms with Crippen LogP contribution in [0.4, 0.5) is 5.69 Å². The zero-order valence-electron chi connectivity index (χ0n) is 24.7. The van der Waals surface area contributed by atoms with E-state index in [0.29, 0.717) is 34.7 Å². The third-order valence-corrected chi connectivity index (χ3v) is 6.77. The van der Waals surface area contributed by atoms with Gasteiger partial charge in [-0.3, -0.25) is 30.6 Å². The summed E-state index contributed by atoms with van der Waals surface area (Å²) in [5, 5.41) is 5.31. The lowest BCUT2D eigenvalue weighted by molar-refractivity contribution is 0.0934. The summed E-state index contributed by atoms with van der Waals surface area (Å²) in [6.07, 6.45) is 5.81. The van der Waals surface area contributed by atoms with Crippen molar-refractivity contribution in [2.45, 2.75) is 65.2 Å². The lowest BCUT2D eigenvalue weighted by Crippen LogP contribution is -2.48. The van der Waals surface area contributed by atoms with Gasteiger partial charge in [0.05, 0.1) is 6.61 Å². The fraction of sp³-hybridized carbons (Fsp3) is 0.333. The predicted molar refractivity (Wildman–Crippen MR) is 171 cm³/mol. The average molecular weight is 589 g/mol. The molecule has 0 heterocycles. The molecule has 3 aromatic carbocycles. The summed E-state index contributed by atoms with van der Waals surface area (Å²) in [6.45, 7) is 9.18. The Morgan fingerprint density at radius 3 is 1.86 bits per heavy atom. The molecule has 42 heavy (non-hydrogen) atoms. The highest BCUT2D eigenvalue weighted by atomic mass is 32.1. The number of hydrogen-bond acceptors (Lipinski definition) is 5. The Morgan fingerprint density at radius 2 is 1.24 bits per heavy atom. The number of hydrazine groups is 1. The molecule has 3 rings (SSSR count). The van der Waals surface area contributed by atoms with Crippen LogP contribution in [0.25, 0.3) is 0 Å². The molecule has 0 aromatic heterocycles. The summed E-state index contributed by atoms with van der Waals surface area (Å²) in [4.78, 5) is 37.6. The third-order valence-electron chi connectivity index (χ3n) is 6.57. The number of benzene rings is 3. The minimum atomic E-state index is -0.460. The summed E-state index contributed by atoms with van der Waals surface area (Å²) in [7, 11) is 0. The van der Waals surface area contributed by atoms with Crippen molar-refractivity contribution in [2.75, 3.05) is 11.9 Å². The number of carbonyl (C=O) groups excluding carboxylic acids is 3. The Hall–Kier alpha value is -4.24. The molecule has 4 N–H and O–H groups in total. The first-order chi connectivity index (χ1) is 20.1. The van der Waals surface area contributed by atoms with Crippen LogP contribution in [0, 0.1) is 0 Å². The van der Waals surface area contributed by atoms with Gasteiger partial charge in [-0.15, -0.1) is 0 Å². The van der Waals surface area contributed by atoms with E-state index >= 15 is 0 Å². The van der Waals surface area contributed by atoms with Gasteiger partial charge in [-0.05, 0) is 90.3 Å². The molecule has 0 radical (unpaired) electrons. The predicted octanol–water partition coefficient (Wildman–Crippen LogP) is 6.53. The largest absolute Gasteiger partial charge is 0.494 e. The van der Waals surface area contributed by atoms with Gasteiger partial charge in [0.2, 0.25) is 0 Å². The number of rotatable bonds is 11. The summed E-state index contributed by atoms with van der Waals surface area (Å²) in [5.41, 5.74) is 7.97. The Morgan fingerprint density at radius 1 is 0.690 bits per heavy atom. The third kappa shape index (κ3) is 10.3. The molecule has 0 bridgehead atoms. The fourth-order valence-electron chi connectivity index (χ4n) is 4.02. The van der Waals surface area contributed by atoms with Crippen LogP contribution >= 0.6 is 12.2 Å². The van der Waals surface area contributed by atoms with Crippen molar-refractivity contribution in [2.24, 2.45) is 0 Å². The number of anilines is 1. The smallest absolute Gasteiger partial charge is 0.269 e. The first-order valence-electron chi connectivity index (χ1n) is 14.2. The molecule has 8 nitrogen and oxygen atoms in total. The van der Waals surface area contributed by atoms with Crippen molar-refractivity contribution in [3.05, 3.63) is 95.1 Å². The minimum Gasteiger partial charge on any atom is -0.494 e. The molecule has 9 heteroatoms. The van der Waals surface area contributed by atoms with Gasteiger partial charge < -0.3 is 10.1 Å². The van der Waals surface area contributed by atoms with Gasteiger partial charge in [0, 0.05) is 22.4 Å². The van der Waals surface area contributed by atoms with E-state index in [0.717, 1.165) is 18.4 Å². The van der Waals surface area contributed by atoms with Crippen LogP contribution in [0.5, 0.6) is 5.75 Å². The number of thiocarbonyl (C=S) groups is 1. The Labute approximate surface area is 253 Å². The van der Waals surface area contributed by atoms with Gasteiger partial charge in [0.15, 0.2) is 5.11 Å². The second kappa shape index (κ2) is 15.7. The standard InChI is InChI=1S/C33H40N4O4S/c1-5-6-7-8-9-22-41-28-20-14-24(15-21-28)30(39)35-32(42)37-36-31(40)25-12-18-27(19-13-25)34-29(38)23-10-16-26(17-11-23)33(2,3)4/h10-21H,5-9,22H2,1-4H3,(H,34,38)(H,36,40)(H2,35,37,39,42). The molecular formula is C33H40N4O4S. The molecule has 0 aliphatic rings. The fourth-order valence-corrected chi connectivity index (χ4v) is 4.16. The van der Waals surface area contributed by atoms with E-state index in [1.165, 1.54) is 19.3 Å². The molecule has 3 amide bonds. The number of ether oxygens (including phenoxy) is 1. The molecule has 0 unspecified atom stereocenters. The average Bonchev–Trinajstić information content (AvgIpc) is 2.98. The van der Waals surface area contributed by atoms with Gasteiger partial charge in [0.25, 0.3) is 17.7 Å². The molecule has 0 saturated heterocycles. The van der Waals surface area contributed by atoms with Crippen LogP contribution in [0.15, 0.2) is 72.8 Å². The zero-order valence-corrected chi connectivity index (χ0v) is 25.5. The number of unbranched alkanes of at least 4 members (excludes halogenated alkanes) is 4. The molecule has 0 aliphatic heterocycles. The van der Waals surface area contributed by atoms with Crippen molar-refractivity contribution < 1.29 is 19.1 Å². The first-order valence-corrected chi connectivity index (χ1v) is 14.6. The van der Waals surface area contributed by atoms with E-state index < -0.39 is 11.8 Å². The van der Waals surface area contributed by atoms with Crippen LogP contribution in [0.3, 0.4) is 0 Å². The molecule has 3 aromatic rings. The topological polar surface area (TPSA) is 109 Å². The highest BCUT2D eigenvalue weighted by molar-refractivity contribution is 7.80. The first kappa shape index (κ1) is 32.3. The van der Waals surface area contributed by atoms with Crippen molar-refractivity contribution >= 4 is 40.7 Å². The second-order valence-corrected chi connectivity index (χ2v) is 11.4. The number of carbonyl (C=O) groups is 3. The minimum absolute atomic E-state index is 0.00428. The highest BCUT2D eigenvalue weighted by Crippen LogP contribution is 2.22.